The van der Waals surface area contributed by atoms with Crippen molar-refractivity contribution < 1.29 is 0 Å². The average molecular weight is 246 g/mol. The van der Waals surface area contributed by atoms with Crippen molar-refractivity contribution >= 4 is 11.3 Å². The number of hydrogen-bond acceptors (Lipinski definition) is 3. The molecule has 0 radical (unpaired) electrons. The topological polar surface area (TPSA) is 24.9 Å². The number of nitrogens with one attached hydrogen (secondary N) is 1. The van der Waals surface area contributed by atoms with E-state index in [1.54, 1.807) is 0 Å². The normalized spacial score (nSPS) is 12.6. The van der Waals surface area contributed by atoms with Crippen LogP contribution in [0.3, 0.4) is 0 Å². The van der Waals surface area contributed by atoms with Gasteiger partial charge in [0, 0.05) is 28.2 Å². The van der Waals surface area contributed by atoms with E-state index in [1.807, 2.05) is 30.8 Å². The first-order valence-corrected chi connectivity index (χ1v) is 6.80. The first-order chi connectivity index (χ1) is 8.33. The summed E-state index contributed by atoms with van der Waals surface area (Å²) >= 11 is 1.91. The Kier molecular flexibility index (Phi) is 4.29. The lowest BCUT2D eigenvalue weighted by molar-refractivity contribution is 0.602. The second-order valence-corrected chi connectivity index (χ2v) is 5.26. The van der Waals surface area contributed by atoms with Crippen molar-refractivity contribution in [1.82, 2.24) is 10.3 Å². The summed E-state index contributed by atoms with van der Waals surface area (Å²) in [6.07, 6.45) is 5.85. The fraction of sp³-hybridized carbons (Fsp3) is 0.357. The van der Waals surface area contributed by atoms with Gasteiger partial charge in [-0.1, -0.05) is 6.92 Å². The molecule has 0 fully saturated rings. The Hall–Kier alpha value is -1.19. The van der Waals surface area contributed by atoms with Crippen LogP contribution in [-0.4, -0.2) is 12.0 Å². The number of thiophene rings is 1. The lowest BCUT2D eigenvalue weighted by Crippen LogP contribution is -2.17. The minimum absolute atomic E-state index is 0.405. The van der Waals surface area contributed by atoms with E-state index in [-0.39, 0.29) is 0 Å². The van der Waals surface area contributed by atoms with Crippen molar-refractivity contribution in [2.75, 3.05) is 7.05 Å². The van der Waals surface area contributed by atoms with Crippen molar-refractivity contribution in [3.8, 4) is 0 Å². The van der Waals surface area contributed by atoms with E-state index in [0.29, 0.717) is 6.04 Å². The van der Waals surface area contributed by atoms with Crippen molar-refractivity contribution in [2.24, 2.45) is 0 Å². The molecule has 1 unspecified atom stereocenters. The van der Waals surface area contributed by atoms with Crippen molar-refractivity contribution in [3.63, 3.8) is 0 Å². The Morgan fingerprint density at radius 1 is 1.24 bits per heavy atom. The molecule has 0 bridgehead atoms. The van der Waals surface area contributed by atoms with E-state index < -0.39 is 0 Å². The maximum atomic E-state index is 4.05. The molecule has 0 saturated heterocycles. The highest BCUT2D eigenvalue weighted by Gasteiger charge is 2.12. The zero-order chi connectivity index (χ0) is 12.1. The number of pyridine rings is 1. The minimum Gasteiger partial charge on any atom is -0.312 e. The van der Waals surface area contributed by atoms with Gasteiger partial charge in [0.1, 0.15) is 0 Å². The summed E-state index contributed by atoms with van der Waals surface area (Å²) in [5.74, 6) is 0. The highest BCUT2D eigenvalue weighted by molar-refractivity contribution is 7.12. The molecule has 2 rings (SSSR count). The van der Waals surface area contributed by atoms with Crippen LogP contribution in [0.2, 0.25) is 0 Å². The van der Waals surface area contributed by atoms with Crippen LogP contribution in [0.1, 0.15) is 28.3 Å². The maximum Gasteiger partial charge on any atom is 0.0453 e. The highest BCUT2D eigenvalue weighted by atomic mass is 32.1. The number of aromatic nitrogens is 1. The van der Waals surface area contributed by atoms with Gasteiger partial charge in [-0.25, -0.2) is 0 Å². The molecule has 3 heteroatoms. The van der Waals surface area contributed by atoms with Crippen LogP contribution in [0, 0.1) is 0 Å². The summed E-state index contributed by atoms with van der Waals surface area (Å²) in [6, 6.07) is 9.04. The summed E-state index contributed by atoms with van der Waals surface area (Å²) in [7, 11) is 2.02. The van der Waals surface area contributed by atoms with Gasteiger partial charge in [0.25, 0.3) is 0 Å². The van der Waals surface area contributed by atoms with E-state index >= 15 is 0 Å². The Morgan fingerprint density at radius 3 is 2.59 bits per heavy atom. The van der Waals surface area contributed by atoms with Crippen molar-refractivity contribution in [1.29, 1.82) is 0 Å². The minimum atomic E-state index is 0.405. The molecule has 0 aliphatic rings. The summed E-state index contributed by atoms with van der Waals surface area (Å²) in [6.45, 7) is 2.20. The molecular weight excluding hydrogens is 228 g/mol. The van der Waals surface area contributed by atoms with Crippen LogP contribution >= 0.6 is 11.3 Å². The Bertz CT molecular complexity index is 450. The van der Waals surface area contributed by atoms with Crippen LogP contribution in [0.5, 0.6) is 0 Å². The van der Waals surface area contributed by atoms with E-state index in [0.717, 1.165) is 12.8 Å². The van der Waals surface area contributed by atoms with Gasteiger partial charge in [-0.05, 0) is 49.7 Å². The molecule has 0 aromatic carbocycles. The largest absolute Gasteiger partial charge is 0.312 e. The second kappa shape index (κ2) is 5.94. The van der Waals surface area contributed by atoms with Gasteiger partial charge in [0.05, 0.1) is 0 Å². The number of rotatable bonds is 5. The third-order valence-corrected chi connectivity index (χ3v) is 4.26. The van der Waals surface area contributed by atoms with E-state index in [4.69, 9.17) is 0 Å². The van der Waals surface area contributed by atoms with E-state index in [9.17, 15) is 0 Å². The first kappa shape index (κ1) is 12.3. The quantitative estimate of drug-likeness (QED) is 0.876. The lowest BCUT2D eigenvalue weighted by atomic mass is 10.1. The van der Waals surface area contributed by atoms with E-state index in [2.05, 4.69) is 41.5 Å². The summed E-state index contributed by atoms with van der Waals surface area (Å²) in [5, 5.41) is 3.39. The molecule has 0 saturated carbocycles. The summed E-state index contributed by atoms with van der Waals surface area (Å²) < 4.78 is 0. The Labute approximate surface area is 107 Å². The number of aryl methyl sites for hydroxylation is 1. The Balaban J connectivity index is 2.11. The fourth-order valence-corrected chi connectivity index (χ4v) is 2.93. The van der Waals surface area contributed by atoms with E-state index in [1.165, 1.54) is 15.3 Å². The van der Waals surface area contributed by atoms with Crippen LogP contribution in [0.4, 0.5) is 0 Å². The van der Waals surface area contributed by atoms with Crippen LogP contribution in [-0.2, 0) is 12.8 Å². The number of hydrogen-bond donors (Lipinski definition) is 1. The van der Waals surface area contributed by atoms with Gasteiger partial charge in [-0.15, -0.1) is 11.3 Å². The predicted octanol–water partition coefficient (Wildman–Crippen LogP) is 3.21. The first-order valence-electron chi connectivity index (χ1n) is 5.98. The van der Waals surface area contributed by atoms with Gasteiger partial charge in [0.2, 0.25) is 0 Å². The maximum absolute atomic E-state index is 4.05. The monoisotopic (exact) mass is 246 g/mol. The Morgan fingerprint density at radius 2 is 2.00 bits per heavy atom. The molecule has 0 aliphatic heterocycles. The van der Waals surface area contributed by atoms with Gasteiger partial charge < -0.3 is 5.32 Å². The molecule has 1 atom stereocenters. The molecule has 0 amide bonds. The zero-order valence-corrected chi connectivity index (χ0v) is 11.1. The van der Waals surface area contributed by atoms with Gasteiger partial charge in [-0.2, -0.15) is 0 Å². The zero-order valence-electron chi connectivity index (χ0n) is 10.3. The van der Waals surface area contributed by atoms with Crippen LogP contribution in [0.25, 0.3) is 0 Å². The number of likely N-dealkylation sites (N-methyl/N-ethyl adjacent to an activating group) is 1. The summed E-state index contributed by atoms with van der Waals surface area (Å²) in [4.78, 5) is 6.92. The molecule has 2 nitrogen and oxygen atoms in total. The average Bonchev–Trinajstić information content (AvgIpc) is 2.86. The molecule has 2 aromatic rings. The standard InChI is InChI=1S/C14H18N2S/c1-3-12-4-5-14(17-12)13(15-2)10-11-6-8-16-9-7-11/h4-9,13,15H,3,10H2,1-2H3. The van der Waals surface area contributed by atoms with Crippen molar-refractivity contribution in [2.45, 2.75) is 25.8 Å². The predicted molar refractivity (Wildman–Crippen MR) is 73.4 cm³/mol. The van der Waals surface area contributed by atoms with Gasteiger partial charge in [0.15, 0.2) is 0 Å². The van der Waals surface area contributed by atoms with Gasteiger partial charge >= 0.3 is 0 Å². The number of nitrogens with zero attached hydrogens (tertiary/aromatic N) is 1. The molecule has 17 heavy (non-hydrogen) atoms. The molecule has 90 valence electrons. The van der Waals surface area contributed by atoms with Gasteiger partial charge in [-0.3, -0.25) is 4.98 Å². The molecule has 0 spiro atoms. The smallest absolute Gasteiger partial charge is 0.0453 e. The molecule has 2 heterocycles. The SMILES string of the molecule is CCc1ccc(C(Cc2ccncc2)NC)s1. The van der Waals surface area contributed by atoms with Crippen LogP contribution in [0.15, 0.2) is 36.7 Å². The molecule has 2 aromatic heterocycles. The molecular formula is C14H18N2S. The third-order valence-electron chi connectivity index (χ3n) is 2.91. The highest BCUT2D eigenvalue weighted by Crippen LogP contribution is 2.26. The molecule has 1 N–H and O–H groups in total. The second-order valence-electron chi connectivity index (χ2n) is 4.06. The fourth-order valence-electron chi connectivity index (χ4n) is 1.87. The molecule has 0 aliphatic carbocycles. The summed E-state index contributed by atoms with van der Waals surface area (Å²) in [5.41, 5.74) is 1.32. The third kappa shape index (κ3) is 3.14. The van der Waals surface area contributed by atoms with Crippen LogP contribution < -0.4 is 5.32 Å². The lowest BCUT2D eigenvalue weighted by Gasteiger charge is -2.14. The van der Waals surface area contributed by atoms with Crippen molar-refractivity contribution in [3.05, 3.63) is 52.0 Å².